The summed E-state index contributed by atoms with van der Waals surface area (Å²) in [6.45, 7) is 10.3. The SMILES string of the molecule is C=CCOC(=O)N(CC(=O)OC)[C@@H](C)CCC(=O)OC(C)(C)C. The monoisotopic (exact) mass is 329 g/mol. The zero-order valence-corrected chi connectivity index (χ0v) is 14.6. The first kappa shape index (κ1) is 20.9. The Morgan fingerprint density at radius 1 is 1.22 bits per heavy atom. The van der Waals surface area contributed by atoms with Gasteiger partial charge < -0.3 is 14.2 Å². The van der Waals surface area contributed by atoms with Gasteiger partial charge in [0.05, 0.1) is 7.11 Å². The molecule has 0 N–H and O–H groups in total. The Morgan fingerprint density at radius 2 is 1.83 bits per heavy atom. The summed E-state index contributed by atoms with van der Waals surface area (Å²) in [6.07, 6.45) is 1.24. The summed E-state index contributed by atoms with van der Waals surface area (Å²) in [7, 11) is 1.24. The highest BCUT2D eigenvalue weighted by Gasteiger charge is 2.26. The van der Waals surface area contributed by atoms with Gasteiger partial charge in [0.1, 0.15) is 18.8 Å². The largest absolute Gasteiger partial charge is 0.468 e. The molecule has 0 rings (SSSR count). The van der Waals surface area contributed by atoms with E-state index >= 15 is 0 Å². The van der Waals surface area contributed by atoms with Gasteiger partial charge in [-0.2, -0.15) is 0 Å². The van der Waals surface area contributed by atoms with Crippen LogP contribution >= 0.6 is 0 Å². The van der Waals surface area contributed by atoms with Crippen LogP contribution < -0.4 is 0 Å². The molecular weight excluding hydrogens is 302 g/mol. The zero-order valence-electron chi connectivity index (χ0n) is 14.6. The molecule has 132 valence electrons. The maximum absolute atomic E-state index is 12.0. The normalized spacial score (nSPS) is 12.0. The molecular formula is C16H27NO6. The first-order valence-corrected chi connectivity index (χ1v) is 7.43. The molecule has 0 radical (unpaired) electrons. The quantitative estimate of drug-likeness (QED) is 0.386. The molecule has 0 aromatic heterocycles. The second kappa shape index (κ2) is 9.86. The third-order valence-corrected chi connectivity index (χ3v) is 2.80. The summed E-state index contributed by atoms with van der Waals surface area (Å²) in [5.41, 5.74) is -0.561. The standard InChI is InChI=1S/C16H27NO6/c1-7-10-22-15(20)17(11-14(19)21-6)12(2)8-9-13(18)23-16(3,4)5/h7,12H,1,8-11H2,2-6H3/t12-/m0/s1. The van der Waals surface area contributed by atoms with Crippen LogP contribution in [-0.4, -0.2) is 54.8 Å². The number of methoxy groups -OCH3 is 1. The second-order valence-electron chi connectivity index (χ2n) is 6.04. The van der Waals surface area contributed by atoms with Crippen LogP contribution in [-0.2, 0) is 23.8 Å². The maximum Gasteiger partial charge on any atom is 0.410 e. The van der Waals surface area contributed by atoms with Gasteiger partial charge in [0.2, 0.25) is 0 Å². The number of ether oxygens (including phenoxy) is 3. The molecule has 0 aliphatic carbocycles. The fraction of sp³-hybridized carbons (Fsp3) is 0.688. The smallest absolute Gasteiger partial charge is 0.410 e. The topological polar surface area (TPSA) is 82.1 Å². The van der Waals surface area contributed by atoms with Crippen molar-refractivity contribution in [3.8, 4) is 0 Å². The molecule has 0 aromatic rings. The molecule has 0 aliphatic rings. The fourth-order valence-electron chi connectivity index (χ4n) is 1.69. The highest BCUT2D eigenvalue weighted by atomic mass is 16.6. The molecule has 0 unspecified atom stereocenters. The van der Waals surface area contributed by atoms with E-state index in [1.54, 1.807) is 27.7 Å². The van der Waals surface area contributed by atoms with Gasteiger partial charge in [0, 0.05) is 12.5 Å². The number of carbonyl (C=O) groups is 3. The van der Waals surface area contributed by atoms with Crippen molar-refractivity contribution in [1.82, 2.24) is 4.90 Å². The van der Waals surface area contributed by atoms with Crippen molar-refractivity contribution >= 4 is 18.0 Å². The van der Waals surface area contributed by atoms with Gasteiger partial charge in [-0.1, -0.05) is 12.7 Å². The molecule has 0 aliphatic heterocycles. The lowest BCUT2D eigenvalue weighted by Crippen LogP contribution is -2.43. The van der Waals surface area contributed by atoms with E-state index in [0.717, 1.165) is 0 Å². The molecule has 0 saturated heterocycles. The van der Waals surface area contributed by atoms with E-state index in [0.29, 0.717) is 6.42 Å². The Balaban J connectivity index is 4.68. The third-order valence-electron chi connectivity index (χ3n) is 2.80. The number of amides is 1. The number of rotatable bonds is 8. The molecule has 0 heterocycles. The highest BCUT2D eigenvalue weighted by molar-refractivity contribution is 5.78. The van der Waals surface area contributed by atoms with Crippen molar-refractivity contribution < 1.29 is 28.6 Å². The Labute approximate surface area is 137 Å². The summed E-state index contributed by atoms with van der Waals surface area (Å²) in [6, 6.07) is -0.390. The fourth-order valence-corrected chi connectivity index (χ4v) is 1.69. The molecule has 0 saturated carbocycles. The van der Waals surface area contributed by atoms with Gasteiger partial charge >= 0.3 is 18.0 Å². The van der Waals surface area contributed by atoms with Crippen LogP contribution in [0.5, 0.6) is 0 Å². The molecule has 0 spiro atoms. The Morgan fingerprint density at radius 3 is 2.30 bits per heavy atom. The predicted octanol–water partition coefficient (Wildman–Crippen LogP) is 2.29. The summed E-state index contributed by atoms with van der Waals surface area (Å²) >= 11 is 0. The van der Waals surface area contributed by atoms with Crippen LogP contribution in [0.25, 0.3) is 0 Å². The van der Waals surface area contributed by atoms with Gasteiger partial charge in [-0.15, -0.1) is 0 Å². The zero-order chi connectivity index (χ0) is 18.0. The number of esters is 2. The lowest BCUT2D eigenvalue weighted by Gasteiger charge is -2.27. The molecule has 0 bridgehead atoms. The van der Waals surface area contributed by atoms with E-state index in [1.165, 1.54) is 18.1 Å². The second-order valence-corrected chi connectivity index (χ2v) is 6.04. The minimum Gasteiger partial charge on any atom is -0.468 e. The van der Waals surface area contributed by atoms with Gasteiger partial charge in [-0.05, 0) is 34.1 Å². The van der Waals surface area contributed by atoms with Crippen LogP contribution in [0.3, 0.4) is 0 Å². The number of nitrogens with zero attached hydrogens (tertiary/aromatic N) is 1. The lowest BCUT2D eigenvalue weighted by atomic mass is 10.1. The summed E-state index contributed by atoms with van der Waals surface area (Å²) in [5.74, 6) is -0.925. The van der Waals surface area contributed by atoms with Crippen LogP contribution in [0.2, 0.25) is 0 Å². The number of carbonyl (C=O) groups excluding carboxylic acids is 3. The van der Waals surface area contributed by atoms with Gasteiger partial charge in [-0.3, -0.25) is 14.5 Å². The first-order chi connectivity index (χ1) is 10.6. The van der Waals surface area contributed by atoms with E-state index < -0.39 is 17.7 Å². The number of hydrogen-bond acceptors (Lipinski definition) is 6. The highest BCUT2D eigenvalue weighted by Crippen LogP contribution is 2.13. The van der Waals surface area contributed by atoms with E-state index in [4.69, 9.17) is 9.47 Å². The maximum atomic E-state index is 12.0. The number of hydrogen-bond donors (Lipinski definition) is 0. The summed E-state index contributed by atoms with van der Waals surface area (Å²) in [5, 5.41) is 0. The van der Waals surface area contributed by atoms with Crippen LogP contribution in [0, 0.1) is 0 Å². The van der Waals surface area contributed by atoms with Crippen LogP contribution in [0.15, 0.2) is 12.7 Å². The van der Waals surface area contributed by atoms with Crippen molar-refractivity contribution in [2.75, 3.05) is 20.3 Å². The van der Waals surface area contributed by atoms with Crippen LogP contribution in [0.4, 0.5) is 4.79 Å². The summed E-state index contributed by atoms with van der Waals surface area (Å²) in [4.78, 5) is 36.4. The van der Waals surface area contributed by atoms with Crippen LogP contribution in [0.1, 0.15) is 40.5 Å². The van der Waals surface area contributed by atoms with E-state index in [9.17, 15) is 14.4 Å². The Kier molecular flexibility index (Phi) is 8.98. The summed E-state index contributed by atoms with van der Waals surface area (Å²) < 4.78 is 14.7. The molecule has 23 heavy (non-hydrogen) atoms. The lowest BCUT2D eigenvalue weighted by molar-refractivity contribution is -0.155. The average molecular weight is 329 g/mol. The minimum absolute atomic E-state index is 0.0370. The Bertz CT molecular complexity index is 427. The molecule has 1 atom stereocenters. The van der Waals surface area contributed by atoms with Gasteiger partial charge in [-0.25, -0.2) is 4.79 Å². The van der Waals surface area contributed by atoms with Gasteiger partial charge in [0.25, 0.3) is 0 Å². The van der Waals surface area contributed by atoms with Crippen molar-refractivity contribution in [1.29, 1.82) is 0 Å². The average Bonchev–Trinajstić information content (AvgIpc) is 2.45. The van der Waals surface area contributed by atoms with Crippen molar-refractivity contribution in [2.24, 2.45) is 0 Å². The van der Waals surface area contributed by atoms with E-state index in [-0.39, 0.29) is 31.6 Å². The van der Waals surface area contributed by atoms with E-state index in [1.807, 2.05) is 0 Å². The minimum atomic E-state index is -0.660. The molecule has 7 heteroatoms. The molecule has 0 fully saturated rings. The van der Waals surface area contributed by atoms with Crippen molar-refractivity contribution in [3.05, 3.63) is 12.7 Å². The molecule has 7 nitrogen and oxygen atoms in total. The molecule has 1 amide bonds. The van der Waals surface area contributed by atoms with Crippen molar-refractivity contribution in [2.45, 2.75) is 52.2 Å². The first-order valence-electron chi connectivity index (χ1n) is 7.43. The predicted molar refractivity (Wildman–Crippen MR) is 84.8 cm³/mol. The third kappa shape index (κ3) is 9.55. The van der Waals surface area contributed by atoms with Crippen molar-refractivity contribution in [3.63, 3.8) is 0 Å². The van der Waals surface area contributed by atoms with E-state index in [2.05, 4.69) is 11.3 Å². The van der Waals surface area contributed by atoms with Gasteiger partial charge in [0.15, 0.2) is 0 Å². The Hall–Kier alpha value is -2.05. The molecule has 0 aromatic carbocycles.